The number of aryl methyl sites for hydroxylation is 1. The number of nitrogens with zero attached hydrogens (tertiary/aromatic N) is 4. The van der Waals surface area contributed by atoms with E-state index < -0.39 is 11.6 Å². The van der Waals surface area contributed by atoms with Gasteiger partial charge in [0, 0.05) is 56.1 Å². The van der Waals surface area contributed by atoms with Crippen LogP contribution in [-0.2, 0) is 17.6 Å². The zero-order valence-corrected chi connectivity index (χ0v) is 24.8. The topological polar surface area (TPSA) is 97.7 Å². The van der Waals surface area contributed by atoms with E-state index >= 15 is 0 Å². The fraction of sp³-hybridized carbons (Fsp3) is 0.294. The molecule has 1 aliphatic heterocycles. The number of aliphatic carboxylic acids is 1. The van der Waals surface area contributed by atoms with Gasteiger partial charge in [-0.25, -0.2) is 9.97 Å². The summed E-state index contributed by atoms with van der Waals surface area (Å²) in [7, 11) is 3.81. The second-order valence-electron chi connectivity index (χ2n) is 12.0. The fourth-order valence-electron chi connectivity index (χ4n) is 5.73. The Morgan fingerprint density at radius 2 is 1.79 bits per heavy atom. The van der Waals surface area contributed by atoms with Gasteiger partial charge in [-0.2, -0.15) is 0 Å². The highest BCUT2D eigenvalue weighted by Crippen LogP contribution is 2.48. The Labute approximate surface area is 245 Å². The molecule has 0 saturated heterocycles. The van der Waals surface area contributed by atoms with Crippen LogP contribution in [0.5, 0.6) is 11.5 Å². The lowest BCUT2D eigenvalue weighted by Gasteiger charge is -2.28. The van der Waals surface area contributed by atoms with Crippen molar-refractivity contribution in [1.29, 1.82) is 0 Å². The summed E-state index contributed by atoms with van der Waals surface area (Å²) in [4.78, 5) is 27.9. The fourth-order valence-corrected chi connectivity index (χ4v) is 5.73. The van der Waals surface area contributed by atoms with Gasteiger partial charge in [-0.3, -0.25) is 9.78 Å². The Morgan fingerprint density at radius 3 is 2.48 bits per heavy atom. The van der Waals surface area contributed by atoms with E-state index in [1.54, 1.807) is 0 Å². The van der Waals surface area contributed by atoms with Crippen LogP contribution in [0, 0.1) is 6.92 Å². The number of carbonyl (C=O) groups is 1. The number of fused-ring (bicyclic) bond motifs is 1. The van der Waals surface area contributed by atoms with Gasteiger partial charge in [-0.1, -0.05) is 18.2 Å². The van der Waals surface area contributed by atoms with Gasteiger partial charge in [0.25, 0.3) is 0 Å². The molecule has 0 saturated carbocycles. The summed E-state index contributed by atoms with van der Waals surface area (Å²) in [5.74, 6) is 1.10. The van der Waals surface area contributed by atoms with Crippen LogP contribution in [0.1, 0.15) is 37.5 Å². The molecule has 0 unspecified atom stereocenters. The standard InChI is InChI=1S/C34H34N4O4/c1-19-13-22-14-21(23-17-36-33(37-18-23)38(5)6)7-8-24(22)30(25(19)15-28(39)40)31-27(42-34(2,3)4)16-26-29-20(10-12-41-26)9-11-35-32(29)31/h7-9,11,13-14,16-18H,10,12,15H2,1-6H3,(H,39,40). The number of pyridine rings is 1. The van der Waals surface area contributed by atoms with Crippen LogP contribution < -0.4 is 14.4 Å². The molecule has 0 aliphatic carbocycles. The predicted molar refractivity (Wildman–Crippen MR) is 166 cm³/mol. The average molecular weight is 563 g/mol. The van der Waals surface area contributed by atoms with Crippen molar-refractivity contribution in [1.82, 2.24) is 15.0 Å². The summed E-state index contributed by atoms with van der Waals surface area (Å²) >= 11 is 0. The van der Waals surface area contributed by atoms with Crippen LogP contribution in [0.3, 0.4) is 0 Å². The van der Waals surface area contributed by atoms with Gasteiger partial charge < -0.3 is 19.5 Å². The van der Waals surface area contributed by atoms with Gasteiger partial charge in [0.15, 0.2) is 0 Å². The third-order valence-corrected chi connectivity index (χ3v) is 7.49. The van der Waals surface area contributed by atoms with E-state index in [9.17, 15) is 9.90 Å². The van der Waals surface area contributed by atoms with Crippen molar-refractivity contribution < 1.29 is 19.4 Å². The lowest BCUT2D eigenvalue weighted by atomic mass is 9.85. The van der Waals surface area contributed by atoms with Crippen LogP contribution in [0.2, 0.25) is 0 Å². The van der Waals surface area contributed by atoms with E-state index in [-0.39, 0.29) is 6.42 Å². The van der Waals surface area contributed by atoms with Gasteiger partial charge in [-0.15, -0.1) is 0 Å². The number of carboxylic acids is 1. The lowest BCUT2D eigenvalue weighted by Crippen LogP contribution is -2.24. The zero-order chi connectivity index (χ0) is 29.8. The monoisotopic (exact) mass is 562 g/mol. The summed E-state index contributed by atoms with van der Waals surface area (Å²) in [6.07, 6.45) is 6.11. The maximum atomic E-state index is 12.2. The zero-order valence-electron chi connectivity index (χ0n) is 24.8. The van der Waals surface area contributed by atoms with E-state index in [1.165, 1.54) is 0 Å². The van der Waals surface area contributed by atoms with Crippen molar-refractivity contribution >= 4 is 33.6 Å². The van der Waals surface area contributed by atoms with Gasteiger partial charge in [0.1, 0.15) is 17.1 Å². The van der Waals surface area contributed by atoms with Crippen molar-refractivity contribution in [3.8, 4) is 33.8 Å². The normalized spacial score (nSPS) is 12.8. The van der Waals surface area contributed by atoms with Gasteiger partial charge in [0.05, 0.1) is 24.1 Å². The third-order valence-electron chi connectivity index (χ3n) is 7.49. The first-order valence-electron chi connectivity index (χ1n) is 14.0. The molecule has 0 radical (unpaired) electrons. The van der Waals surface area contributed by atoms with Gasteiger partial charge in [-0.05, 0) is 78.4 Å². The van der Waals surface area contributed by atoms with E-state index in [4.69, 9.17) is 14.5 Å². The van der Waals surface area contributed by atoms with Crippen molar-refractivity contribution in [2.75, 3.05) is 25.6 Å². The highest BCUT2D eigenvalue weighted by molar-refractivity contribution is 6.11. The number of hydrogen-bond acceptors (Lipinski definition) is 7. The SMILES string of the molecule is Cc1cc2cc(-c3cnc(N(C)C)nc3)ccc2c(-c2c(OC(C)(C)C)cc3c4c(ccnc24)CCO3)c1CC(=O)O. The molecule has 0 amide bonds. The Kier molecular flexibility index (Phi) is 6.72. The number of carboxylic acid groups (broad SMARTS) is 1. The Hall–Kier alpha value is -4.72. The number of benzene rings is 3. The molecule has 5 aromatic rings. The minimum Gasteiger partial charge on any atom is -0.492 e. The highest BCUT2D eigenvalue weighted by Gasteiger charge is 2.28. The molecule has 0 bridgehead atoms. The summed E-state index contributed by atoms with van der Waals surface area (Å²) in [5, 5.41) is 12.9. The summed E-state index contributed by atoms with van der Waals surface area (Å²) < 4.78 is 12.7. The van der Waals surface area contributed by atoms with Crippen LogP contribution in [0.4, 0.5) is 5.95 Å². The van der Waals surface area contributed by atoms with E-state index in [1.807, 2.05) is 83.5 Å². The Morgan fingerprint density at radius 1 is 1.02 bits per heavy atom. The molecular weight excluding hydrogens is 528 g/mol. The number of anilines is 1. The molecule has 3 heterocycles. The summed E-state index contributed by atoms with van der Waals surface area (Å²) in [6, 6.07) is 12.2. The van der Waals surface area contributed by atoms with Crippen molar-refractivity contribution in [2.24, 2.45) is 0 Å². The maximum Gasteiger partial charge on any atom is 0.307 e. The lowest BCUT2D eigenvalue weighted by molar-refractivity contribution is -0.136. The average Bonchev–Trinajstić information content (AvgIpc) is 2.93. The molecule has 0 spiro atoms. The first-order chi connectivity index (χ1) is 20.0. The summed E-state index contributed by atoms with van der Waals surface area (Å²) in [6.45, 7) is 8.55. The molecular formula is C34H34N4O4. The second-order valence-corrected chi connectivity index (χ2v) is 12.0. The second kappa shape index (κ2) is 10.3. The molecule has 3 aromatic carbocycles. The van der Waals surface area contributed by atoms with E-state index in [0.717, 1.165) is 72.8 Å². The summed E-state index contributed by atoms with van der Waals surface area (Å²) in [5.41, 5.74) is 6.48. The van der Waals surface area contributed by atoms with Crippen LogP contribution in [0.25, 0.3) is 43.9 Å². The van der Waals surface area contributed by atoms with Gasteiger partial charge >= 0.3 is 5.97 Å². The quantitative estimate of drug-likeness (QED) is 0.246. The van der Waals surface area contributed by atoms with Crippen molar-refractivity contribution in [3.63, 3.8) is 0 Å². The molecule has 0 fully saturated rings. The molecule has 214 valence electrons. The molecule has 2 aromatic heterocycles. The first-order valence-corrected chi connectivity index (χ1v) is 14.0. The maximum absolute atomic E-state index is 12.2. The van der Waals surface area contributed by atoms with E-state index in [2.05, 4.69) is 28.2 Å². The van der Waals surface area contributed by atoms with Crippen LogP contribution in [-0.4, -0.2) is 52.3 Å². The molecule has 8 heteroatoms. The molecule has 0 atom stereocenters. The third kappa shape index (κ3) is 4.98. The van der Waals surface area contributed by atoms with Gasteiger partial charge in [0.2, 0.25) is 5.95 Å². The minimum atomic E-state index is -0.897. The number of aromatic nitrogens is 3. The van der Waals surface area contributed by atoms with Crippen LogP contribution in [0.15, 0.2) is 55.0 Å². The van der Waals surface area contributed by atoms with Crippen LogP contribution >= 0.6 is 0 Å². The molecule has 1 aliphatic rings. The molecule has 8 nitrogen and oxygen atoms in total. The highest BCUT2D eigenvalue weighted by atomic mass is 16.5. The van der Waals surface area contributed by atoms with Crippen molar-refractivity contribution in [3.05, 3.63) is 71.7 Å². The van der Waals surface area contributed by atoms with Crippen molar-refractivity contribution in [2.45, 2.75) is 46.1 Å². The Balaban J connectivity index is 1.68. The number of rotatable bonds is 6. The number of ether oxygens (including phenoxy) is 2. The predicted octanol–water partition coefficient (Wildman–Crippen LogP) is 6.63. The minimum absolute atomic E-state index is 0.132. The molecule has 6 rings (SSSR count). The largest absolute Gasteiger partial charge is 0.492 e. The van der Waals surface area contributed by atoms with E-state index in [0.29, 0.717) is 18.3 Å². The molecule has 1 N–H and O–H groups in total. The first kappa shape index (κ1) is 27.4. The smallest absolute Gasteiger partial charge is 0.307 e. The molecule has 42 heavy (non-hydrogen) atoms. The number of hydrogen-bond donors (Lipinski definition) is 1. The Bertz CT molecular complexity index is 1860.